The van der Waals surface area contributed by atoms with E-state index in [1.165, 1.54) is 103 Å². The third kappa shape index (κ3) is 7.57. The maximum atomic E-state index is 2.56. The Labute approximate surface area is 477 Å². The second-order valence-electron chi connectivity index (χ2n) is 21.6. The lowest BCUT2D eigenvalue weighted by molar-refractivity contribution is 1.16. The average molecular weight is 1060 g/mol. The average Bonchev–Trinajstić information content (AvgIpc) is 3.76. The molecule has 3 aromatic heterocycles. The van der Waals surface area contributed by atoms with Gasteiger partial charge >= 0.3 is 0 Å². The molecule has 0 fully saturated rings. The number of hydrogen-bond donors (Lipinski definition) is 0. The molecule has 4 heteroatoms. The first kappa shape index (κ1) is 47.5. The summed E-state index contributed by atoms with van der Waals surface area (Å²) in [5, 5.41) is 12.7. The lowest BCUT2D eigenvalue weighted by atomic mass is 10.0. The fourth-order valence-corrected chi connectivity index (χ4v) is 18.3. The van der Waals surface area contributed by atoms with E-state index in [0.29, 0.717) is 0 Å². The molecule has 0 saturated carbocycles. The van der Waals surface area contributed by atoms with Crippen LogP contribution in [0, 0.1) is 0 Å². The highest BCUT2D eigenvalue weighted by Crippen LogP contribution is 2.41. The van der Waals surface area contributed by atoms with Gasteiger partial charge in [0.05, 0.1) is 33.1 Å². The van der Waals surface area contributed by atoms with E-state index in [9.17, 15) is 0 Å². The highest BCUT2D eigenvalue weighted by molar-refractivity contribution is 7.20. The summed E-state index contributed by atoms with van der Waals surface area (Å²) in [7, 11) is -2.92. The molecule has 16 aromatic rings. The van der Waals surface area contributed by atoms with Gasteiger partial charge in [-0.3, -0.25) is 0 Å². The van der Waals surface area contributed by atoms with Crippen molar-refractivity contribution in [2.24, 2.45) is 0 Å². The van der Waals surface area contributed by atoms with Crippen LogP contribution in [0.4, 0.5) is 0 Å². The number of hydrogen-bond acceptors (Lipinski definition) is 0. The van der Waals surface area contributed by atoms with Crippen molar-refractivity contribution in [3.8, 4) is 50.4 Å². The van der Waals surface area contributed by atoms with Crippen LogP contribution < -0.4 is 20.7 Å². The number of rotatable bonds is 10. The summed E-state index contributed by atoms with van der Waals surface area (Å²) in [6, 6.07) is 120. The van der Waals surface area contributed by atoms with Gasteiger partial charge < -0.3 is 13.7 Å². The minimum atomic E-state index is -2.92. The molecule has 82 heavy (non-hydrogen) atoms. The number of para-hydroxylation sites is 1. The number of nitrogens with zero attached hydrogens (tertiary/aromatic N) is 3. The van der Waals surface area contributed by atoms with Gasteiger partial charge in [-0.2, -0.15) is 0 Å². The van der Waals surface area contributed by atoms with E-state index in [1.807, 2.05) is 0 Å². The van der Waals surface area contributed by atoms with Crippen molar-refractivity contribution in [3.63, 3.8) is 0 Å². The molecule has 3 nitrogen and oxygen atoms in total. The van der Waals surface area contributed by atoms with E-state index in [0.717, 1.165) is 33.6 Å². The molecule has 3 heterocycles. The van der Waals surface area contributed by atoms with Crippen LogP contribution in [0.1, 0.15) is 0 Å². The zero-order chi connectivity index (χ0) is 54.1. The molecule has 0 radical (unpaired) electrons. The van der Waals surface area contributed by atoms with Crippen molar-refractivity contribution in [1.29, 1.82) is 0 Å². The van der Waals surface area contributed by atoms with Crippen molar-refractivity contribution in [3.05, 3.63) is 322 Å². The monoisotopic (exact) mass is 1060 g/mol. The van der Waals surface area contributed by atoms with E-state index in [-0.39, 0.29) is 0 Å². The number of benzene rings is 13. The van der Waals surface area contributed by atoms with Crippen LogP contribution >= 0.6 is 0 Å². The summed E-state index contributed by atoms with van der Waals surface area (Å²) >= 11 is 0. The molecular formula is C78H53N3Si. The topological polar surface area (TPSA) is 14.8 Å². The van der Waals surface area contributed by atoms with Crippen molar-refractivity contribution in [1.82, 2.24) is 13.7 Å². The van der Waals surface area contributed by atoms with Crippen molar-refractivity contribution >= 4 is 94.2 Å². The SMILES string of the molecule is c1ccc(-c2cccc(-n3c4ccc(-c5ccccc5)cc4c4cc(-n5c6ccc(-n7c8ccccc8c8cc(-c9ccccc9)ccc87)cc6c6cc([Si](c7ccccc7)(c7ccccc7)c7ccccc7)ccc65)ccc43)c2)cc1. The molecule has 0 aliphatic rings. The molecular weight excluding hydrogens is 1010 g/mol. The van der Waals surface area contributed by atoms with Gasteiger partial charge in [0.25, 0.3) is 0 Å². The van der Waals surface area contributed by atoms with Gasteiger partial charge in [0, 0.05) is 49.4 Å². The maximum Gasteiger partial charge on any atom is 0.179 e. The van der Waals surface area contributed by atoms with Gasteiger partial charge in [-0.25, -0.2) is 0 Å². The standard InChI is InChI=1S/C78H53N3Si/c1-7-22-54(23-8-1)57-28-21-29-60(48-57)79-75-44-39-59(56-26-11-3-12-27-56)50-69(75)70-51-62(41-45-76(70)79)81-77-46-40-61(80-73-37-20-19-36-67(73)68-49-58(38-43-74(68)80)55-24-9-2-10-25-55)52-71(77)72-53-66(42-47-78(72)81)82(63-30-13-4-14-31-63,64-32-15-5-16-33-64)65-34-17-6-18-35-65/h1-53H. The first-order chi connectivity index (χ1) is 40.7. The zero-order valence-corrected chi connectivity index (χ0v) is 45.9. The van der Waals surface area contributed by atoms with Crippen LogP contribution in [0.3, 0.4) is 0 Å². The minimum Gasteiger partial charge on any atom is -0.309 e. The van der Waals surface area contributed by atoms with E-state index in [2.05, 4.69) is 335 Å². The Morgan fingerprint density at radius 2 is 0.488 bits per heavy atom. The highest BCUT2D eigenvalue weighted by Gasteiger charge is 2.41. The summed E-state index contributed by atoms with van der Waals surface area (Å²) in [4.78, 5) is 0. The summed E-state index contributed by atoms with van der Waals surface area (Å²) in [6.07, 6.45) is 0. The summed E-state index contributed by atoms with van der Waals surface area (Å²) < 4.78 is 7.45. The molecule has 0 saturated heterocycles. The molecule has 0 unspecified atom stereocenters. The zero-order valence-electron chi connectivity index (χ0n) is 44.9. The fraction of sp³-hybridized carbons (Fsp3) is 0. The van der Waals surface area contributed by atoms with Gasteiger partial charge in [-0.05, 0) is 139 Å². The minimum absolute atomic E-state index is 1.11. The molecule has 13 aromatic carbocycles. The summed E-state index contributed by atoms with van der Waals surface area (Å²) in [5.41, 5.74) is 17.5. The number of fused-ring (bicyclic) bond motifs is 9. The Morgan fingerprint density at radius 1 is 0.171 bits per heavy atom. The van der Waals surface area contributed by atoms with Crippen LogP contribution in [0.2, 0.25) is 0 Å². The summed E-state index contributed by atoms with van der Waals surface area (Å²) in [6.45, 7) is 0. The first-order valence-electron chi connectivity index (χ1n) is 28.3. The van der Waals surface area contributed by atoms with Crippen molar-refractivity contribution in [2.45, 2.75) is 0 Å². The highest BCUT2D eigenvalue weighted by atomic mass is 28.3. The van der Waals surface area contributed by atoms with Gasteiger partial charge in [-0.1, -0.05) is 237 Å². The molecule has 16 rings (SSSR count). The third-order valence-corrected chi connectivity index (χ3v) is 21.9. The Kier molecular flexibility index (Phi) is 11.2. The van der Waals surface area contributed by atoms with E-state index >= 15 is 0 Å². The second-order valence-corrected chi connectivity index (χ2v) is 25.4. The van der Waals surface area contributed by atoms with Crippen LogP contribution in [0.15, 0.2) is 322 Å². The Hall–Kier alpha value is -10.5. The van der Waals surface area contributed by atoms with Crippen LogP contribution in [0.5, 0.6) is 0 Å². The quantitative estimate of drug-likeness (QED) is 0.0958. The van der Waals surface area contributed by atoms with E-state index in [1.54, 1.807) is 0 Å². The van der Waals surface area contributed by atoms with Crippen LogP contribution in [0.25, 0.3) is 116 Å². The summed E-state index contributed by atoms with van der Waals surface area (Å²) in [5.74, 6) is 0. The van der Waals surface area contributed by atoms with Crippen molar-refractivity contribution in [2.75, 3.05) is 0 Å². The molecule has 0 amide bonds. The predicted molar refractivity (Wildman–Crippen MR) is 349 cm³/mol. The maximum absolute atomic E-state index is 2.92. The molecule has 0 atom stereocenters. The Bertz CT molecular complexity index is 4970. The smallest absolute Gasteiger partial charge is 0.179 e. The van der Waals surface area contributed by atoms with Crippen LogP contribution in [-0.4, -0.2) is 21.8 Å². The normalized spacial score (nSPS) is 11.9. The second kappa shape index (κ2) is 19.4. The van der Waals surface area contributed by atoms with Gasteiger partial charge in [0.2, 0.25) is 0 Å². The fourth-order valence-electron chi connectivity index (χ4n) is 13.5. The third-order valence-electron chi connectivity index (χ3n) is 17.2. The Balaban J connectivity index is 0.973. The molecule has 0 bridgehead atoms. The van der Waals surface area contributed by atoms with Crippen molar-refractivity contribution < 1.29 is 0 Å². The van der Waals surface area contributed by atoms with E-state index in [4.69, 9.17) is 0 Å². The first-order valence-corrected chi connectivity index (χ1v) is 30.3. The largest absolute Gasteiger partial charge is 0.309 e. The lowest BCUT2D eigenvalue weighted by Gasteiger charge is -2.34. The van der Waals surface area contributed by atoms with Gasteiger partial charge in [-0.15, -0.1) is 0 Å². The van der Waals surface area contributed by atoms with Gasteiger partial charge in [0.15, 0.2) is 8.07 Å². The van der Waals surface area contributed by atoms with Crippen LogP contribution in [-0.2, 0) is 0 Å². The molecule has 0 aliphatic heterocycles. The molecule has 0 N–H and O–H groups in total. The molecule has 0 spiro atoms. The number of aromatic nitrogens is 3. The molecule has 384 valence electrons. The lowest BCUT2D eigenvalue weighted by Crippen LogP contribution is -2.74. The predicted octanol–water partition coefficient (Wildman–Crippen LogP) is 17.4. The van der Waals surface area contributed by atoms with Gasteiger partial charge in [0.1, 0.15) is 0 Å². The molecule has 0 aliphatic carbocycles. The Morgan fingerprint density at radius 3 is 0.951 bits per heavy atom. The van der Waals surface area contributed by atoms with E-state index < -0.39 is 8.07 Å².